The normalized spacial score (nSPS) is 23.4. The second-order valence-corrected chi connectivity index (χ2v) is 3.54. The molecule has 76 valence electrons. The van der Waals surface area contributed by atoms with Gasteiger partial charge in [0.05, 0.1) is 12.5 Å². The number of rotatable bonds is 4. The highest BCUT2D eigenvalue weighted by molar-refractivity contribution is 5.73. The Morgan fingerprint density at radius 1 is 1.54 bits per heavy atom. The summed E-state index contributed by atoms with van der Waals surface area (Å²) in [5.41, 5.74) is 0. The Hall–Kier alpha value is -0.570. The van der Waals surface area contributed by atoms with Crippen LogP contribution in [0.15, 0.2) is 0 Å². The van der Waals surface area contributed by atoms with Crippen LogP contribution in [0.3, 0.4) is 0 Å². The van der Waals surface area contributed by atoms with Gasteiger partial charge in [-0.2, -0.15) is 0 Å². The van der Waals surface area contributed by atoms with Gasteiger partial charge >= 0.3 is 5.97 Å². The second kappa shape index (κ2) is 5.22. The quantitative estimate of drug-likeness (QED) is 0.618. The molecule has 3 heteroatoms. The first-order chi connectivity index (χ1) is 6.27. The fraction of sp³-hybridized carbons (Fsp3) is 0.900. The minimum Gasteiger partial charge on any atom is -0.466 e. The van der Waals surface area contributed by atoms with Crippen molar-refractivity contribution in [2.45, 2.75) is 26.7 Å². The van der Waals surface area contributed by atoms with Crippen LogP contribution >= 0.6 is 0 Å². The predicted octanol–water partition coefficient (Wildman–Crippen LogP) is 1.28. The van der Waals surface area contributed by atoms with Crippen molar-refractivity contribution in [2.24, 2.45) is 5.92 Å². The van der Waals surface area contributed by atoms with E-state index in [4.69, 9.17) is 4.74 Å². The Labute approximate surface area is 80.1 Å². The minimum atomic E-state index is -0.0129. The van der Waals surface area contributed by atoms with Gasteiger partial charge in [0.15, 0.2) is 0 Å². The molecule has 0 bridgehead atoms. The van der Waals surface area contributed by atoms with Gasteiger partial charge in [-0.05, 0) is 32.9 Å². The zero-order valence-corrected chi connectivity index (χ0v) is 8.58. The van der Waals surface area contributed by atoms with E-state index >= 15 is 0 Å². The Morgan fingerprint density at radius 3 is 2.92 bits per heavy atom. The third kappa shape index (κ3) is 2.99. The van der Waals surface area contributed by atoms with E-state index in [1.165, 1.54) is 0 Å². The van der Waals surface area contributed by atoms with Crippen LogP contribution < -0.4 is 0 Å². The van der Waals surface area contributed by atoms with Gasteiger partial charge in [0.2, 0.25) is 0 Å². The van der Waals surface area contributed by atoms with E-state index in [9.17, 15) is 4.79 Å². The molecular formula is C10H19NO2. The van der Waals surface area contributed by atoms with Crippen molar-refractivity contribution in [1.82, 2.24) is 4.90 Å². The molecule has 1 unspecified atom stereocenters. The van der Waals surface area contributed by atoms with Crippen LogP contribution in [-0.2, 0) is 9.53 Å². The van der Waals surface area contributed by atoms with Gasteiger partial charge in [0, 0.05) is 6.54 Å². The van der Waals surface area contributed by atoms with Crippen molar-refractivity contribution < 1.29 is 9.53 Å². The van der Waals surface area contributed by atoms with E-state index in [2.05, 4.69) is 11.8 Å². The monoisotopic (exact) mass is 185 g/mol. The van der Waals surface area contributed by atoms with Crippen LogP contribution in [0.4, 0.5) is 0 Å². The zero-order valence-electron chi connectivity index (χ0n) is 8.58. The summed E-state index contributed by atoms with van der Waals surface area (Å²) in [7, 11) is 0. The molecule has 1 heterocycles. The maximum Gasteiger partial charge on any atom is 0.310 e. The zero-order chi connectivity index (χ0) is 9.68. The van der Waals surface area contributed by atoms with Crippen molar-refractivity contribution >= 4 is 5.97 Å². The number of carbonyl (C=O) groups excluding carboxylic acids is 1. The smallest absolute Gasteiger partial charge is 0.310 e. The molecule has 1 rings (SSSR count). The minimum absolute atomic E-state index is 0.0129. The van der Waals surface area contributed by atoms with E-state index in [0.717, 1.165) is 32.5 Å². The standard InChI is InChI=1S/C10H19NO2/c1-3-6-11-7-5-9(8-11)10(12)13-4-2/h9H,3-8H2,1-2H3. The van der Waals surface area contributed by atoms with Crippen LogP contribution in [0.5, 0.6) is 0 Å². The summed E-state index contributed by atoms with van der Waals surface area (Å²) in [4.78, 5) is 13.7. The number of likely N-dealkylation sites (tertiary alicyclic amines) is 1. The molecule has 0 radical (unpaired) electrons. The number of ether oxygens (including phenoxy) is 1. The van der Waals surface area contributed by atoms with Gasteiger partial charge in [-0.15, -0.1) is 0 Å². The molecule has 0 aromatic carbocycles. The van der Waals surface area contributed by atoms with Crippen LogP contribution in [0, 0.1) is 5.92 Å². The van der Waals surface area contributed by atoms with E-state index in [1.54, 1.807) is 0 Å². The summed E-state index contributed by atoms with van der Waals surface area (Å²) >= 11 is 0. The molecule has 0 amide bonds. The Balaban J connectivity index is 2.27. The summed E-state index contributed by atoms with van der Waals surface area (Å²) < 4.78 is 4.99. The van der Waals surface area contributed by atoms with Crippen molar-refractivity contribution in [2.75, 3.05) is 26.2 Å². The van der Waals surface area contributed by atoms with Crippen molar-refractivity contribution in [3.05, 3.63) is 0 Å². The molecule has 0 spiro atoms. The van der Waals surface area contributed by atoms with E-state index < -0.39 is 0 Å². The molecule has 0 N–H and O–H groups in total. The molecule has 3 nitrogen and oxygen atoms in total. The third-order valence-electron chi connectivity index (χ3n) is 2.43. The van der Waals surface area contributed by atoms with E-state index in [1.807, 2.05) is 6.92 Å². The number of nitrogens with zero attached hydrogens (tertiary/aromatic N) is 1. The Morgan fingerprint density at radius 2 is 2.31 bits per heavy atom. The maximum atomic E-state index is 11.3. The predicted molar refractivity (Wildman–Crippen MR) is 51.5 cm³/mol. The molecule has 1 aliphatic heterocycles. The number of hydrogen-bond acceptors (Lipinski definition) is 3. The highest BCUT2D eigenvalue weighted by Gasteiger charge is 2.28. The van der Waals surface area contributed by atoms with Gasteiger partial charge in [0.1, 0.15) is 0 Å². The SMILES string of the molecule is CCCN1CCC(C(=O)OCC)C1. The molecule has 0 aliphatic carbocycles. The average Bonchev–Trinajstić information content (AvgIpc) is 2.54. The molecule has 0 aromatic rings. The largest absolute Gasteiger partial charge is 0.466 e. The third-order valence-corrected chi connectivity index (χ3v) is 2.43. The fourth-order valence-electron chi connectivity index (χ4n) is 1.80. The molecule has 0 aromatic heterocycles. The number of esters is 1. The Kier molecular flexibility index (Phi) is 4.22. The summed E-state index contributed by atoms with van der Waals surface area (Å²) in [5, 5.41) is 0. The van der Waals surface area contributed by atoms with Crippen LogP contribution in [0.25, 0.3) is 0 Å². The lowest BCUT2D eigenvalue weighted by Crippen LogP contribution is -2.25. The van der Waals surface area contributed by atoms with E-state index in [0.29, 0.717) is 6.61 Å². The van der Waals surface area contributed by atoms with Gasteiger partial charge < -0.3 is 9.64 Å². The van der Waals surface area contributed by atoms with Crippen molar-refractivity contribution in [3.63, 3.8) is 0 Å². The van der Waals surface area contributed by atoms with Crippen LogP contribution in [-0.4, -0.2) is 37.1 Å². The second-order valence-electron chi connectivity index (χ2n) is 3.54. The summed E-state index contributed by atoms with van der Waals surface area (Å²) in [6.07, 6.45) is 2.13. The summed E-state index contributed by atoms with van der Waals surface area (Å²) in [6.45, 7) is 7.58. The average molecular weight is 185 g/mol. The van der Waals surface area contributed by atoms with Crippen LogP contribution in [0.1, 0.15) is 26.7 Å². The van der Waals surface area contributed by atoms with Gasteiger partial charge in [-0.1, -0.05) is 6.92 Å². The Bertz CT molecular complexity index is 170. The number of hydrogen-bond donors (Lipinski definition) is 0. The lowest BCUT2D eigenvalue weighted by Gasteiger charge is -2.13. The molecule has 1 aliphatic rings. The maximum absolute atomic E-state index is 11.3. The first-order valence-electron chi connectivity index (χ1n) is 5.16. The van der Waals surface area contributed by atoms with Gasteiger partial charge in [0.25, 0.3) is 0 Å². The first kappa shape index (κ1) is 10.5. The molecule has 0 saturated carbocycles. The highest BCUT2D eigenvalue weighted by atomic mass is 16.5. The van der Waals surface area contributed by atoms with Crippen molar-refractivity contribution in [3.8, 4) is 0 Å². The van der Waals surface area contributed by atoms with Gasteiger partial charge in [-0.25, -0.2) is 0 Å². The molecule has 1 atom stereocenters. The van der Waals surface area contributed by atoms with E-state index in [-0.39, 0.29) is 11.9 Å². The first-order valence-corrected chi connectivity index (χ1v) is 5.16. The van der Waals surface area contributed by atoms with Crippen LogP contribution in [0.2, 0.25) is 0 Å². The summed E-state index contributed by atoms with van der Waals surface area (Å²) in [5.74, 6) is 0.118. The molecule has 1 fully saturated rings. The topological polar surface area (TPSA) is 29.5 Å². The lowest BCUT2D eigenvalue weighted by molar-refractivity contribution is -0.147. The summed E-state index contributed by atoms with van der Waals surface area (Å²) in [6, 6.07) is 0. The van der Waals surface area contributed by atoms with Gasteiger partial charge in [-0.3, -0.25) is 4.79 Å². The fourth-order valence-corrected chi connectivity index (χ4v) is 1.80. The lowest BCUT2D eigenvalue weighted by atomic mass is 10.1. The number of carbonyl (C=O) groups is 1. The highest BCUT2D eigenvalue weighted by Crippen LogP contribution is 2.17. The molecule has 1 saturated heterocycles. The molecule has 13 heavy (non-hydrogen) atoms. The molecular weight excluding hydrogens is 166 g/mol. The van der Waals surface area contributed by atoms with Crippen molar-refractivity contribution in [1.29, 1.82) is 0 Å².